The van der Waals surface area contributed by atoms with E-state index in [4.69, 9.17) is 4.74 Å². The number of hydrazine groups is 1. The third-order valence-corrected chi connectivity index (χ3v) is 4.07. The minimum absolute atomic E-state index is 0.0431. The molecule has 154 valence electrons. The molecule has 0 radical (unpaired) electrons. The molecule has 0 aliphatic carbocycles. The smallest absolute Gasteiger partial charge is 0.269 e. The van der Waals surface area contributed by atoms with Crippen molar-refractivity contribution < 1.29 is 19.1 Å². The highest BCUT2D eigenvalue weighted by atomic mass is 16.5. The fraction of sp³-hybridized carbons (Fsp3) is 0.318. The number of carbonyl (C=O) groups is 3. The van der Waals surface area contributed by atoms with Crippen LogP contribution in [0.3, 0.4) is 0 Å². The summed E-state index contributed by atoms with van der Waals surface area (Å²) in [5, 5.41) is 2.65. The van der Waals surface area contributed by atoms with Gasteiger partial charge in [0.2, 0.25) is 5.91 Å². The standard InChI is InChI=1S/C22H27N3O4/c1-16(2)13-15-29-19-10-8-18(9-11-19)22(28)25-24-20(26)12-14-23-21(27)17-6-4-3-5-7-17/h3-11,16H,12-15H2,1-2H3,(H,23,27)(H,24,26)(H,25,28). The minimum Gasteiger partial charge on any atom is -0.494 e. The molecule has 0 spiro atoms. The Hall–Kier alpha value is -3.35. The second-order valence-electron chi connectivity index (χ2n) is 6.93. The monoisotopic (exact) mass is 397 g/mol. The van der Waals surface area contributed by atoms with E-state index in [0.29, 0.717) is 29.4 Å². The van der Waals surface area contributed by atoms with Gasteiger partial charge in [-0.1, -0.05) is 32.0 Å². The molecular weight excluding hydrogens is 370 g/mol. The van der Waals surface area contributed by atoms with Crippen molar-refractivity contribution in [2.24, 2.45) is 5.92 Å². The number of amides is 3. The molecule has 0 unspecified atom stereocenters. The zero-order chi connectivity index (χ0) is 21.1. The van der Waals surface area contributed by atoms with Crippen LogP contribution in [0, 0.1) is 5.92 Å². The van der Waals surface area contributed by atoms with Crippen LogP contribution in [0.15, 0.2) is 54.6 Å². The maximum atomic E-state index is 12.1. The molecule has 0 saturated heterocycles. The molecule has 7 nitrogen and oxygen atoms in total. The van der Waals surface area contributed by atoms with Gasteiger partial charge >= 0.3 is 0 Å². The van der Waals surface area contributed by atoms with Gasteiger partial charge in [-0.25, -0.2) is 0 Å². The Morgan fingerprint density at radius 3 is 2.17 bits per heavy atom. The average molecular weight is 397 g/mol. The van der Waals surface area contributed by atoms with Gasteiger partial charge in [-0.05, 0) is 48.7 Å². The summed E-state index contributed by atoms with van der Waals surface area (Å²) in [4.78, 5) is 35.8. The van der Waals surface area contributed by atoms with Gasteiger partial charge in [0, 0.05) is 24.1 Å². The molecule has 0 atom stereocenters. The van der Waals surface area contributed by atoms with Crippen LogP contribution in [0.25, 0.3) is 0 Å². The number of hydrogen-bond acceptors (Lipinski definition) is 4. The number of benzene rings is 2. The van der Waals surface area contributed by atoms with Crippen molar-refractivity contribution >= 4 is 17.7 Å². The normalized spacial score (nSPS) is 10.3. The van der Waals surface area contributed by atoms with Crippen LogP contribution in [0.1, 0.15) is 47.4 Å². The summed E-state index contributed by atoms with van der Waals surface area (Å²) >= 11 is 0. The number of ether oxygens (including phenoxy) is 1. The fourth-order valence-corrected chi connectivity index (χ4v) is 2.36. The highest BCUT2D eigenvalue weighted by molar-refractivity contribution is 5.96. The molecule has 0 fully saturated rings. The summed E-state index contributed by atoms with van der Waals surface area (Å²) in [5.74, 6) is 0.176. The zero-order valence-corrected chi connectivity index (χ0v) is 16.7. The molecule has 0 heterocycles. The summed E-state index contributed by atoms with van der Waals surface area (Å²) in [5.41, 5.74) is 5.62. The lowest BCUT2D eigenvalue weighted by Gasteiger charge is -2.10. The third kappa shape index (κ3) is 8.04. The molecule has 3 amide bonds. The zero-order valence-electron chi connectivity index (χ0n) is 16.7. The third-order valence-electron chi connectivity index (χ3n) is 4.07. The number of nitrogens with one attached hydrogen (secondary N) is 3. The molecular formula is C22H27N3O4. The van der Waals surface area contributed by atoms with Crippen LogP contribution < -0.4 is 20.9 Å². The lowest BCUT2D eigenvalue weighted by atomic mass is 10.1. The van der Waals surface area contributed by atoms with E-state index in [2.05, 4.69) is 30.0 Å². The van der Waals surface area contributed by atoms with Crippen LogP contribution in [0.2, 0.25) is 0 Å². The van der Waals surface area contributed by atoms with Crippen LogP contribution in [0.5, 0.6) is 5.75 Å². The topological polar surface area (TPSA) is 96.5 Å². The molecule has 2 aromatic rings. The highest BCUT2D eigenvalue weighted by Gasteiger charge is 2.09. The fourth-order valence-electron chi connectivity index (χ4n) is 2.36. The molecule has 0 aromatic heterocycles. The second-order valence-corrected chi connectivity index (χ2v) is 6.93. The number of rotatable bonds is 9. The Morgan fingerprint density at radius 2 is 1.52 bits per heavy atom. The summed E-state index contributed by atoms with van der Waals surface area (Å²) in [6, 6.07) is 15.4. The van der Waals surface area contributed by atoms with Crippen molar-refractivity contribution in [1.82, 2.24) is 16.2 Å². The Morgan fingerprint density at radius 1 is 0.862 bits per heavy atom. The molecule has 0 aliphatic rings. The summed E-state index contributed by atoms with van der Waals surface area (Å²) in [7, 11) is 0. The van der Waals surface area contributed by atoms with E-state index in [1.165, 1.54) is 0 Å². The van der Waals surface area contributed by atoms with E-state index >= 15 is 0 Å². The van der Waals surface area contributed by atoms with Crippen LogP contribution >= 0.6 is 0 Å². The van der Waals surface area contributed by atoms with E-state index in [9.17, 15) is 14.4 Å². The van der Waals surface area contributed by atoms with Gasteiger partial charge in [0.05, 0.1) is 6.61 Å². The van der Waals surface area contributed by atoms with Crippen molar-refractivity contribution in [3.63, 3.8) is 0 Å². The molecule has 3 N–H and O–H groups in total. The van der Waals surface area contributed by atoms with Gasteiger partial charge in [0.25, 0.3) is 11.8 Å². The van der Waals surface area contributed by atoms with Crippen LogP contribution in [-0.2, 0) is 4.79 Å². The molecule has 7 heteroatoms. The molecule has 29 heavy (non-hydrogen) atoms. The van der Waals surface area contributed by atoms with E-state index in [1.54, 1.807) is 48.5 Å². The quantitative estimate of drug-likeness (QED) is 0.567. The predicted molar refractivity (Wildman–Crippen MR) is 110 cm³/mol. The van der Waals surface area contributed by atoms with E-state index in [1.807, 2.05) is 6.07 Å². The SMILES string of the molecule is CC(C)CCOc1ccc(C(=O)NNC(=O)CCNC(=O)c2ccccc2)cc1. The predicted octanol–water partition coefficient (Wildman–Crippen LogP) is 2.69. The van der Waals surface area contributed by atoms with E-state index < -0.39 is 11.8 Å². The number of hydrogen-bond donors (Lipinski definition) is 3. The summed E-state index contributed by atoms with van der Waals surface area (Å²) < 4.78 is 5.61. The van der Waals surface area contributed by atoms with Gasteiger partial charge in [0.15, 0.2) is 0 Å². The first-order valence-electron chi connectivity index (χ1n) is 9.61. The molecule has 0 saturated carbocycles. The Balaban J connectivity index is 1.67. The van der Waals surface area contributed by atoms with Gasteiger partial charge in [0.1, 0.15) is 5.75 Å². The lowest BCUT2D eigenvalue weighted by Crippen LogP contribution is -2.42. The average Bonchev–Trinajstić information content (AvgIpc) is 2.73. The summed E-state index contributed by atoms with van der Waals surface area (Å²) in [6.07, 6.45) is 1.00. The summed E-state index contributed by atoms with van der Waals surface area (Å²) in [6.45, 7) is 5.04. The second kappa shape index (κ2) is 11.5. The largest absolute Gasteiger partial charge is 0.494 e. The molecule has 0 bridgehead atoms. The first-order chi connectivity index (χ1) is 14.0. The minimum atomic E-state index is -0.430. The van der Waals surface area contributed by atoms with Crippen molar-refractivity contribution in [1.29, 1.82) is 0 Å². The van der Waals surface area contributed by atoms with Crippen LogP contribution in [-0.4, -0.2) is 30.9 Å². The number of carbonyl (C=O) groups excluding carboxylic acids is 3. The Kier molecular flexibility index (Phi) is 8.69. The van der Waals surface area contributed by atoms with Crippen molar-refractivity contribution in [2.75, 3.05) is 13.2 Å². The molecule has 2 aromatic carbocycles. The first kappa shape index (κ1) is 21.9. The van der Waals surface area contributed by atoms with Crippen molar-refractivity contribution in [3.8, 4) is 5.75 Å². The van der Waals surface area contributed by atoms with Crippen LogP contribution in [0.4, 0.5) is 0 Å². The van der Waals surface area contributed by atoms with Crippen molar-refractivity contribution in [3.05, 3.63) is 65.7 Å². The Labute approximate surface area is 170 Å². The van der Waals surface area contributed by atoms with Gasteiger partial charge < -0.3 is 10.1 Å². The lowest BCUT2D eigenvalue weighted by molar-refractivity contribution is -0.121. The maximum Gasteiger partial charge on any atom is 0.269 e. The highest BCUT2D eigenvalue weighted by Crippen LogP contribution is 2.13. The Bertz CT molecular complexity index is 805. The molecule has 2 rings (SSSR count). The van der Waals surface area contributed by atoms with Gasteiger partial charge in [-0.2, -0.15) is 0 Å². The van der Waals surface area contributed by atoms with Crippen molar-refractivity contribution in [2.45, 2.75) is 26.7 Å². The molecule has 0 aliphatic heterocycles. The van der Waals surface area contributed by atoms with Gasteiger partial charge in [-0.15, -0.1) is 0 Å². The van der Waals surface area contributed by atoms with E-state index in [-0.39, 0.29) is 18.9 Å². The maximum absolute atomic E-state index is 12.1. The first-order valence-corrected chi connectivity index (χ1v) is 9.61. The van der Waals surface area contributed by atoms with Gasteiger partial charge in [-0.3, -0.25) is 25.2 Å². The van der Waals surface area contributed by atoms with E-state index in [0.717, 1.165) is 6.42 Å².